The summed E-state index contributed by atoms with van der Waals surface area (Å²) in [6, 6.07) is 17.4. The van der Waals surface area contributed by atoms with Crippen LogP contribution in [0.3, 0.4) is 0 Å². The molecule has 2 aromatic rings. The first kappa shape index (κ1) is 19.2. The Labute approximate surface area is 152 Å². The predicted octanol–water partition coefficient (Wildman–Crippen LogP) is 1.92. The molecule has 3 N–H and O–H groups in total. The minimum atomic E-state index is -1.01. The number of hydrogen-bond acceptors (Lipinski definition) is 3. The topological polar surface area (TPSA) is 95.5 Å². The maximum Gasteiger partial charge on any atom is 0.308 e. The first-order valence-corrected chi connectivity index (χ1v) is 8.35. The van der Waals surface area contributed by atoms with E-state index >= 15 is 0 Å². The molecule has 2 aromatic carbocycles. The first-order valence-electron chi connectivity index (χ1n) is 8.35. The third-order valence-electron chi connectivity index (χ3n) is 4.02. The number of aliphatic carboxylic acids is 1. The van der Waals surface area contributed by atoms with E-state index in [1.807, 2.05) is 36.4 Å². The van der Waals surface area contributed by atoms with E-state index in [4.69, 9.17) is 0 Å². The predicted molar refractivity (Wildman–Crippen MR) is 97.3 cm³/mol. The molecule has 0 bridgehead atoms. The van der Waals surface area contributed by atoms with E-state index in [2.05, 4.69) is 10.6 Å². The molecule has 2 unspecified atom stereocenters. The van der Waals surface area contributed by atoms with Gasteiger partial charge in [-0.15, -0.1) is 0 Å². The number of carbonyl (C=O) groups excluding carboxylic acids is 2. The maximum atomic E-state index is 12.2. The number of amides is 2. The Hall–Kier alpha value is -3.15. The Bertz CT molecular complexity index is 747. The molecule has 26 heavy (non-hydrogen) atoms. The summed E-state index contributed by atoms with van der Waals surface area (Å²) in [5.74, 6) is -2.52. The molecule has 6 heteroatoms. The van der Waals surface area contributed by atoms with Crippen molar-refractivity contribution in [3.63, 3.8) is 0 Å². The Balaban J connectivity index is 1.92. The molecule has 0 saturated heterocycles. The first-order chi connectivity index (χ1) is 12.5. The molecule has 0 aliphatic heterocycles. The average Bonchev–Trinajstić information content (AvgIpc) is 2.65. The van der Waals surface area contributed by atoms with Gasteiger partial charge < -0.3 is 15.7 Å². The fourth-order valence-electron chi connectivity index (χ4n) is 2.55. The van der Waals surface area contributed by atoms with Crippen molar-refractivity contribution in [2.75, 3.05) is 6.54 Å². The molecule has 6 nitrogen and oxygen atoms in total. The van der Waals surface area contributed by atoms with Crippen molar-refractivity contribution < 1.29 is 19.5 Å². The zero-order valence-electron chi connectivity index (χ0n) is 14.5. The van der Waals surface area contributed by atoms with Crippen LogP contribution < -0.4 is 10.6 Å². The van der Waals surface area contributed by atoms with Gasteiger partial charge in [-0.2, -0.15) is 0 Å². The number of benzene rings is 2. The highest BCUT2D eigenvalue weighted by Crippen LogP contribution is 2.21. The van der Waals surface area contributed by atoms with Gasteiger partial charge in [0, 0.05) is 0 Å². The van der Waals surface area contributed by atoms with Crippen LogP contribution in [0.5, 0.6) is 0 Å². The second-order valence-corrected chi connectivity index (χ2v) is 6.02. The van der Waals surface area contributed by atoms with Gasteiger partial charge in [-0.05, 0) is 18.1 Å². The van der Waals surface area contributed by atoms with Gasteiger partial charge in [0.2, 0.25) is 11.8 Å². The van der Waals surface area contributed by atoms with Crippen molar-refractivity contribution in [3.05, 3.63) is 71.8 Å². The summed E-state index contributed by atoms with van der Waals surface area (Å²) >= 11 is 0. The van der Waals surface area contributed by atoms with Gasteiger partial charge in [-0.3, -0.25) is 14.4 Å². The summed E-state index contributed by atoms with van der Waals surface area (Å²) in [4.78, 5) is 35.5. The third-order valence-corrected chi connectivity index (χ3v) is 4.02. The van der Waals surface area contributed by atoms with Crippen LogP contribution in [0.1, 0.15) is 24.1 Å². The van der Waals surface area contributed by atoms with Gasteiger partial charge in [0.25, 0.3) is 0 Å². The zero-order valence-corrected chi connectivity index (χ0v) is 14.5. The summed E-state index contributed by atoms with van der Waals surface area (Å²) in [5.41, 5.74) is 1.55. The molecule has 0 aromatic heterocycles. The lowest BCUT2D eigenvalue weighted by atomic mass is 9.94. The molecule has 2 atom stereocenters. The third kappa shape index (κ3) is 5.73. The summed E-state index contributed by atoms with van der Waals surface area (Å²) in [6.45, 7) is 1.33. The highest BCUT2D eigenvalue weighted by Gasteiger charge is 2.26. The maximum absolute atomic E-state index is 12.2. The zero-order chi connectivity index (χ0) is 18.9. The largest absolute Gasteiger partial charge is 0.481 e. The fraction of sp³-hybridized carbons (Fsp3) is 0.250. The molecule has 0 fully saturated rings. The summed E-state index contributed by atoms with van der Waals surface area (Å²) < 4.78 is 0. The molecule has 2 amide bonds. The van der Waals surface area contributed by atoms with E-state index in [0.29, 0.717) is 5.56 Å². The smallest absolute Gasteiger partial charge is 0.308 e. The molecule has 0 spiro atoms. The Morgan fingerprint density at radius 1 is 0.923 bits per heavy atom. The average molecular weight is 354 g/mol. The number of carboxylic acids is 1. The second-order valence-electron chi connectivity index (χ2n) is 6.02. The minimum Gasteiger partial charge on any atom is -0.481 e. The normalized spacial score (nSPS) is 12.7. The van der Waals surface area contributed by atoms with Gasteiger partial charge >= 0.3 is 5.97 Å². The molecular formula is C20H22N2O4. The van der Waals surface area contributed by atoms with Gasteiger partial charge in [0.1, 0.15) is 0 Å². The number of carbonyl (C=O) groups is 3. The Kier molecular flexibility index (Phi) is 6.91. The van der Waals surface area contributed by atoms with Crippen LogP contribution in [0.4, 0.5) is 0 Å². The van der Waals surface area contributed by atoms with E-state index in [1.165, 1.54) is 6.92 Å². The van der Waals surface area contributed by atoms with E-state index < -0.39 is 23.8 Å². The number of carboxylic acid groups (broad SMARTS) is 1. The molecular weight excluding hydrogens is 332 g/mol. The van der Waals surface area contributed by atoms with Crippen LogP contribution in [0.25, 0.3) is 0 Å². The lowest BCUT2D eigenvalue weighted by Crippen LogP contribution is -2.42. The van der Waals surface area contributed by atoms with Crippen molar-refractivity contribution in [2.45, 2.75) is 19.4 Å². The monoisotopic (exact) mass is 354 g/mol. The molecule has 0 heterocycles. The van der Waals surface area contributed by atoms with Gasteiger partial charge in [0.15, 0.2) is 0 Å². The molecule has 0 aliphatic rings. The van der Waals surface area contributed by atoms with E-state index in [1.54, 1.807) is 24.3 Å². The van der Waals surface area contributed by atoms with Crippen molar-refractivity contribution in [1.29, 1.82) is 0 Å². The second kappa shape index (κ2) is 9.36. The van der Waals surface area contributed by atoms with Crippen molar-refractivity contribution in [2.24, 2.45) is 5.92 Å². The molecule has 0 aliphatic carbocycles. The molecule has 0 saturated carbocycles. The molecule has 136 valence electrons. The lowest BCUT2D eigenvalue weighted by molar-refractivity contribution is -0.142. The highest BCUT2D eigenvalue weighted by atomic mass is 16.4. The van der Waals surface area contributed by atoms with Gasteiger partial charge in [0.05, 0.1) is 24.9 Å². The summed E-state index contributed by atoms with van der Waals surface area (Å²) in [6.07, 6.45) is 0.182. The van der Waals surface area contributed by atoms with Crippen molar-refractivity contribution in [3.8, 4) is 0 Å². The van der Waals surface area contributed by atoms with Crippen molar-refractivity contribution >= 4 is 17.8 Å². The van der Waals surface area contributed by atoms with Crippen LogP contribution in [0, 0.1) is 5.92 Å². The minimum absolute atomic E-state index is 0.182. The quantitative estimate of drug-likeness (QED) is 0.675. The van der Waals surface area contributed by atoms with E-state index in [9.17, 15) is 19.5 Å². The summed E-state index contributed by atoms with van der Waals surface area (Å²) in [7, 11) is 0. The fourth-order valence-corrected chi connectivity index (χ4v) is 2.55. The number of rotatable bonds is 8. The lowest BCUT2D eigenvalue weighted by Gasteiger charge is -2.23. The van der Waals surface area contributed by atoms with Crippen LogP contribution in [-0.4, -0.2) is 29.4 Å². The SMILES string of the molecule is CC(C(=O)O)C(NC(=O)CNC(=O)Cc1ccccc1)c1ccccc1. The molecule has 0 radical (unpaired) electrons. The van der Waals surface area contributed by atoms with E-state index in [-0.39, 0.29) is 18.9 Å². The Morgan fingerprint density at radius 2 is 1.50 bits per heavy atom. The molecule has 2 rings (SSSR count). The number of nitrogens with one attached hydrogen (secondary N) is 2. The van der Waals surface area contributed by atoms with Crippen molar-refractivity contribution in [1.82, 2.24) is 10.6 Å². The summed E-state index contributed by atoms with van der Waals surface area (Å²) in [5, 5.41) is 14.5. The van der Waals surface area contributed by atoms with Gasteiger partial charge in [-0.1, -0.05) is 60.7 Å². The highest BCUT2D eigenvalue weighted by molar-refractivity contribution is 5.86. The van der Waals surface area contributed by atoms with Crippen LogP contribution in [-0.2, 0) is 20.8 Å². The van der Waals surface area contributed by atoms with Crippen LogP contribution in [0.15, 0.2) is 60.7 Å². The standard InChI is InChI=1S/C20H22N2O4/c1-14(20(25)26)19(16-10-6-3-7-11-16)22-18(24)13-21-17(23)12-15-8-4-2-5-9-15/h2-11,14,19H,12-13H2,1H3,(H,21,23)(H,22,24)(H,25,26). The van der Waals surface area contributed by atoms with E-state index in [0.717, 1.165) is 5.56 Å². The van der Waals surface area contributed by atoms with Crippen LogP contribution >= 0.6 is 0 Å². The number of hydrogen-bond donors (Lipinski definition) is 3. The Morgan fingerprint density at radius 3 is 2.08 bits per heavy atom. The van der Waals surface area contributed by atoms with Gasteiger partial charge in [-0.25, -0.2) is 0 Å². The van der Waals surface area contributed by atoms with Crippen LogP contribution in [0.2, 0.25) is 0 Å².